The average Bonchev–Trinajstić information content (AvgIpc) is 2.97. The van der Waals surface area contributed by atoms with Crippen LogP contribution in [0.4, 0.5) is 0 Å². The summed E-state index contributed by atoms with van der Waals surface area (Å²) in [6.07, 6.45) is 2.64. The Hall–Kier alpha value is -0.620. The molecule has 1 aromatic rings. The van der Waals surface area contributed by atoms with Gasteiger partial charge in [-0.25, -0.2) is 8.42 Å². The van der Waals surface area contributed by atoms with Crippen LogP contribution in [0.25, 0.3) is 0 Å². The molecular weight excluding hydrogens is 286 g/mol. The van der Waals surface area contributed by atoms with E-state index in [2.05, 4.69) is 37.9 Å². The van der Waals surface area contributed by atoms with Crippen LogP contribution in [0.3, 0.4) is 0 Å². The molecule has 7 heteroatoms. The van der Waals surface area contributed by atoms with Crippen LogP contribution in [0.2, 0.25) is 0 Å². The maximum Gasteiger partial charge on any atom is 0.296 e. The Kier molecular flexibility index (Phi) is 3.68. The van der Waals surface area contributed by atoms with Crippen LogP contribution in [0.1, 0.15) is 52.4 Å². The Morgan fingerprint density at radius 1 is 1.37 bits per heavy atom. The monoisotopic (exact) mass is 305 g/mol. The molecule has 0 aromatic carbocycles. The molecule has 1 atom stereocenters. The van der Waals surface area contributed by atoms with Gasteiger partial charge < -0.3 is 0 Å². The van der Waals surface area contributed by atoms with Crippen LogP contribution in [0.15, 0.2) is 5.16 Å². The summed E-state index contributed by atoms with van der Waals surface area (Å²) in [5.74, 6) is 1.10. The summed E-state index contributed by atoms with van der Waals surface area (Å²) in [6, 6.07) is 0.195. The summed E-state index contributed by atoms with van der Waals surface area (Å²) < 4.78 is 24.8. The van der Waals surface area contributed by atoms with Crippen molar-refractivity contribution in [2.45, 2.75) is 58.2 Å². The van der Waals surface area contributed by atoms with Crippen molar-refractivity contribution < 1.29 is 8.42 Å². The van der Waals surface area contributed by atoms with Crippen molar-refractivity contribution in [2.75, 3.05) is 0 Å². The van der Waals surface area contributed by atoms with Crippen molar-refractivity contribution in [3.05, 3.63) is 5.82 Å². The highest BCUT2D eigenvalue weighted by atomic mass is 35.7. The van der Waals surface area contributed by atoms with Crippen LogP contribution in [0.5, 0.6) is 0 Å². The largest absolute Gasteiger partial charge is 0.298 e. The van der Waals surface area contributed by atoms with E-state index < -0.39 is 9.05 Å². The van der Waals surface area contributed by atoms with Gasteiger partial charge in [0, 0.05) is 23.1 Å². The van der Waals surface area contributed by atoms with Gasteiger partial charge in [0.05, 0.1) is 0 Å². The Labute approximate surface area is 118 Å². The lowest BCUT2D eigenvalue weighted by molar-refractivity contribution is 0.254. The van der Waals surface area contributed by atoms with Crippen LogP contribution in [0, 0.1) is 11.3 Å². The van der Waals surface area contributed by atoms with E-state index in [0.29, 0.717) is 12.3 Å². The molecule has 0 amide bonds. The smallest absolute Gasteiger partial charge is 0.296 e. The molecule has 0 radical (unpaired) electrons. The molecule has 108 valence electrons. The first kappa shape index (κ1) is 14.8. The summed E-state index contributed by atoms with van der Waals surface area (Å²) in [7, 11) is 1.60. The summed E-state index contributed by atoms with van der Waals surface area (Å²) in [6.45, 7) is 8.62. The van der Waals surface area contributed by atoms with Gasteiger partial charge in [0.2, 0.25) is 0 Å². The van der Waals surface area contributed by atoms with Gasteiger partial charge in [-0.3, -0.25) is 4.57 Å². The van der Waals surface area contributed by atoms with Gasteiger partial charge >= 0.3 is 0 Å². The Balaban J connectivity index is 2.35. The van der Waals surface area contributed by atoms with Crippen molar-refractivity contribution in [3.8, 4) is 0 Å². The van der Waals surface area contributed by atoms with Gasteiger partial charge in [0.25, 0.3) is 14.2 Å². The molecule has 0 N–H and O–H groups in total. The molecule has 2 rings (SSSR count). The highest BCUT2D eigenvalue weighted by Crippen LogP contribution is 2.39. The highest BCUT2D eigenvalue weighted by Gasteiger charge is 2.34. The summed E-state index contributed by atoms with van der Waals surface area (Å²) >= 11 is 0. The molecule has 0 saturated heterocycles. The predicted molar refractivity (Wildman–Crippen MR) is 73.7 cm³/mol. The maximum atomic E-state index is 11.5. The first-order chi connectivity index (χ1) is 8.60. The molecule has 0 aliphatic heterocycles. The average molecular weight is 306 g/mol. The van der Waals surface area contributed by atoms with Gasteiger partial charge in [-0.2, -0.15) is 0 Å². The van der Waals surface area contributed by atoms with Crippen LogP contribution in [-0.4, -0.2) is 23.2 Å². The maximum absolute atomic E-state index is 11.5. The molecule has 0 bridgehead atoms. The third-order valence-electron chi connectivity index (χ3n) is 3.83. The molecular formula is C12H20ClN3O2S. The van der Waals surface area contributed by atoms with E-state index in [-0.39, 0.29) is 16.6 Å². The lowest BCUT2D eigenvalue weighted by atomic mass is 9.80. The molecule has 0 spiro atoms. The normalized spacial score (nSPS) is 18.6. The van der Waals surface area contributed by atoms with Crippen LogP contribution >= 0.6 is 10.7 Å². The lowest BCUT2D eigenvalue weighted by Crippen LogP contribution is -2.21. The molecule has 1 aliphatic rings. The number of hydrogen-bond donors (Lipinski definition) is 0. The second-order valence-electron chi connectivity index (χ2n) is 6.41. The van der Waals surface area contributed by atoms with Crippen molar-refractivity contribution in [2.24, 2.45) is 11.3 Å². The number of hydrogen-bond acceptors (Lipinski definition) is 4. The van der Waals surface area contributed by atoms with E-state index in [1.165, 1.54) is 0 Å². The minimum Gasteiger partial charge on any atom is -0.298 e. The molecule has 1 heterocycles. The highest BCUT2D eigenvalue weighted by molar-refractivity contribution is 8.13. The Morgan fingerprint density at radius 2 is 1.95 bits per heavy atom. The van der Waals surface area contributed by atoms with Crippen LogP contribution < -0.4 is 0 Å². The van der Waals surface area contributed by atoms with Gasteiger partial charge in [-0.15, -0.1) is 10.2 Å². The molecule has 1 aliphatic carbocycles. The fourth-order valence-corrected chi connectivity index (χ4v) is 2.84. The van der Waals surface area contributed by atoms with Crippen molar-refractivity contribution in [1.82, 2.24) is 14.8 Å². The molecule has 5 nitrogen and oxygen atoms in total. The third kappa shape index (κ3) is 3.28. The standard InChI is InChI=1S/C12H20ClN3O2S/c1-8(12(2,3)4)7-10-14-15-11(19(13,17)18)16(10)9-5-6-9/h8-9H,5-7H2,1-4H3. The van der Waals surface area contributed by atoms with E-state index in [9.17, 15) is 8.42 Å². The second kappa shape index (κ2) is 4.74. The summed E-state index contributed by atoms with van der Waals surface area (Å²) in [4.78, 5) is 0. The van der Waals surface area contributed by atoms with Crippen LogP contribution in [-0.2, 0) is 15.5 Å². The zero-order valence-corrected chi connectivity index (χ0v) is 13.3. The minimum atomic E-state index is -3.83. The molecule has 1 fully saturated rings. The van der Waals surface area contributed by atoms with Crippen molar-refractivity contribution >= 4 is 19.7 Å². The van der Waals surface area contributed by atoms with Gasteiger partial charge in [0.15, 0.2) is 0 Å². The fraction of sp³-hybridized carbons (Fsp3) is 0.833. The predicted octanol–water partition coefficient (Wildman–Crippen LogP) is 2.77. The molecule has 1 aromatic heterocycles. The quantitative estimate of drug-likeness (QED) is 0.802. The zero-order chi connectivity index (χ0) is 14.4. The van der Waals surface area contributed by atoms with Gasteiger partial charge in [-0.1, -0.05) is 27.7 Å². The third-order valence-corrected chi connectivity index (χ3v) is 4.96. The molecule has 1 unspecified atom stereocenters. The first-order valence-corrected chi connectivity index (χ1v) is 8.80. The minimum absolute atomic E-state index is 0.104. The summed E-state index contributed by atoms with van der Waals surface area (Å²) in [5.41, 5.74) is 0.139. The number of halogens is 1. The van der Waals surface area contributed by atoms with Gasteiger partial charge in [0.1, 0.15) is 5.82 Å². The van der Waals surface area contributed by atoms with E-state index in [4.69, 9.17) is 10.7 Å². The number of aromatic nitrogens is 3. The molecule has 1 saturated carbocycles. The van der Waals surface area contributed by atoms with Crippen molar-refractivity contribution in [1.29, 1.82) is 0 Å². The van der Waals surface area contributed by atoms with E-state index in [1.54, 1.807) is 4.57 Å². The second-order valence-corrected chi connectivity index (χ2v) is 8.87. The van der Waals surface area contributed by atoms with E-state index >= 15 is 0 Å². The van der Waals surface area contributed by atoms with E-state index in [1.807, 2.05) is 0 Å². The number of rotatable bonds is 4. The number of nitrogens with zero attached hydrogens (tertiary/aromatic N) is 3. The van der Waals surface area contributed by atoms with Crippen molar-refractivity contribution in [3.63, 3.8) is 0 Å². The Morgan fingerprint density at radius 3 is 2.37 bits per heavy atom. The van der Waals surface area contributed by atoms with Gasteiger partial charge in [-0.05, 0) is 24.2 Å². The Bertz CT molecular complexity index is 570. The topological polar surface area (TPSA) is 64.8 Å². The molecule has 19 heavy (non-hydrogen) atoms. The first-order valence-electron chi connectivity index (χ1n) is 6.49. The fourth-order valence-electron chi connectivity index (χ4n) is 1.89. The zero-order valence-electron chi connectivity index (χ0n) is 11.7. The summed E-state index contributed by atoms with van der Waals surface area (Å²) in [5, 5.41) is 7.72. The lowest BCUT2D eigenvalue weighted by Gasteiger charge is -2.26. The van der Waals surface area contributed by atoms with E-state index in [0.717, 1.165) is 18.7 Å². The SMILES string of the molecule is CC(Cc1nnc(S(=O)(=O)Cl)n1C1CC1)C(C)(C)C.